The predicted octanol–water partition coefficient (Wildman–Crippen LogP) is 2.49. The Morgan fingerprint density at radius 3 is 2.73 bits per heavy atom. The van der Waals surface area contributed by atoms with Crippen LogP contribution in [-0.2, 0) is 9.53 Å². The first-order valence-corrected chi connectivity index (χ1v) is 5.03. The summed E-state index contributed by atoms with van der Waals surface area (Å²) in [5.74, 6) is 0.404. The number of halogens is 1. The normalized spacial score (nSPS) is 23.6. The highest BCUT2D eigenvalue weighted by Gasteiger charge is 2.39. The van der Waals surface area contributed by atoms with Gasteiger partial charge in [-0.25, -0.2) is 4.39 Å². The van der Waals surface area contributed by atoms with Gasteiger partial charge in [0.1, 0.15) is 5.82 Å². The first-order chi connectivity index (χ1) is 7.20. The number of methoxy groups -OCH3 is 1. The average molecular weight is 208 g/mol. The van der Waals surface area contributed by atoms with Crippen molar-refractivity contribution >= 4 is 5.97 Å². The van der Waals surface area contributed by atoms with Crippen LogP contribution in [0.5, 0.6) is 0 Å². The van der Waals surface area contributed by atoms with Gasteiger partial charge in [0.25, 0.3) is 0 Å². The Balaban J connectivity index is 1.93. The lowest BCUT2D eigenvalue weighted by molar-refractivity contribution is -0.141. The molecule has 1 aromatic carbocycles. The van der Waals surface area contributed by atoms with Crippen LogP contribution in [0.1, 0.15) is 24.3 Å². The van der Waals surface area contributed by atoms with E-state index in [-0.39, 0.29) is 11.8 Å². The number of carbonyl (C=O) groups is 1. The molecule has 0 heterocycles. The third-order valence-corrected chi connectivity index (χ3v) is 2.88. The monoisotopic (exact) mass is 208 g/mol. The molecule has 15 heavy (non-hydrogen) atoms. The van der Waals surface area contributed by atoms with Gasteiger partial charge in [0.15, 0.2) is 0 Å². The molecule has 3 heteroatoms. The van der Waals surface area contributed by atoms with Crippen molar-refractivity contribution < 1.29 is 13.9 Å². The van der Waals surface area contributed by atoms with Gasteiger partial charge in [0.2, 0.25) is 0 Å². The number of benzene rings is 1. The molecule has 0 aliphatic heterocycles. The summed E-state index contributed by atoms with van der Waals surface area (Å²) in [4.78, 5) is 11.0. The van der Waals surface area contributed by atoms with E-state index in [0.29, 0.717) is 18.3 Å². The summed E-state index contributed by atoms with van der Waals surface area (Å²) in [6, 6.07) is 6.50. The number of hydrogen-bond acceptors (Lipinski definition) is 2. The molecule has 0 radical (unpaired) electrons. The molecule has 2 rings (SSSR count). The molecule has 1 aliphatic carbocycles. The van der Waals surface area contributed by atoms with Crippen LogP contribution < -0.4 is 0 Å². The van der Waals surface area contributed by atoms with E-state index in [9.17, 15) is 9.18 Å². The summed E-state index contributed by atoms with van der Waals surface area (Å²) in [5.41, 5.74) is 1.12. The molecule has 1 aromatic rings. The van der Waals surface area contributed by atoms with Gasteiger partial charge in [-0.1, -0.05) is 12.1 Å². The molecule has 0 amide bonds. The standard InChI is InChI=1S/C12H13FO2/c1-15-12(14)7-9-6-11(9)8-2-4-10(13)5-3-8/h2-5,9,11H,6-7H2,1H3/t9-,11-/m1/s1. The van der Waals surface area contributed by atoms with Gasteiger partial charge >= 0.3 is 5.97 Å². The molecule has 0 unspecified atom stereocenters. The first kappa shape index (κ1) is 10.1. The number of hydrogen-bond donors (Lipinski definition) is 0. The lowest BCUT2D eigenvalue weighted by Crippen LogP contribution is -2.01. The second-order valence-corrected chi connectivity index (χ2v) is 3.93. The first-order valence-electron chi connectivity index (χ1n) is 5.03. The Bertz CT molecular complexity index is 358. The third kappa shape index (κ3) is 2.35. The molecular formula is C12H13FO2. The van der Waals surface area contributed by atoms with Crippen LogP contribution in [0, 0.1) is 11.7 Å². The van der Waals surface area contributed by atoms with Crippen LogP contribution >= 0.6 is 0 Å². The maximum atomic E-state index is 12.7. The Hall–Kier alpha value is -1.38. The second kappa shape index (κ2) is 4.01. The molecule has 0 bridgehead atoms. The minimum absolute atomic E-state index is 0.162. The molecule has 0 N–H and O–H groups in total. The SMILES string of the molecule is COC(=O)C[C@H]1C[C@@H]1c1ccc(F)cc1. The van der Waals surface area contributed by atoms with Crippen LogP contribution in [-0.4, -0.2) is 13.1 Å². The van der Waals surface area contributed by atoms with Crippen molar-refractivity contribution in [1.82, 2.24) is 0 Å². The molecular weight excluding hydrogens is 195 g/mol. The lowest BCUT2D eigenvalue weighted by Gasteiger charge is -2.00. The van der Waals surface area contributed by atoms with Crippen LogP contribution in [0.25, 0.3) is 0 Å². The van der Waals surface area contributed by atoms with E-state index in [4.69, 9.17) is 0 Å². The Morgan fingerprint density at radius 1 is 1.47 bits per heavy atom. The number of ether oxygens (including phenoxy) is 1. The van der Waals surface area contributed by atoms with Crippen LogP contribution in [0.3, 0.4) is 0 Å². The summed E-state index contributed by atoms with van der Waals surface area (Å²) >= 11 is 0. The van der Waals surface area contributed by atoms with E-state index in [1.807, 2.05) is 0 Å². The molecule has 0 saturated heterocycles. The topological polar surface area (TPSA) is 26.3 Å². The van der Waals surface area contributed by atoms with Crippen LogP contribution in [0.4, 0.5) is 4.39 Å². The van der Waals surface area contributed by atoms with Gasteiger partial charge in [-0.05, 0) is 36.0 Å². The Labute approximate surface area is 88.1 Å². The highest BCUT2D eigenvalue weighted by molar-refractivity contribution is 5.70. The maximum absolute atomic E-state index is 12.7. The highest BCUT2D eigenvalue weighted by Crippen LogP contribution is 2.49. The van der Waals surface area contributed by atoms with Crippen molar-refractivity contribution in [2.24, 2.45) is 5.92 Å². The third-order valence-electron chi connectivity index (χ3n) is 2.88. The predicted molar refractivity (Wildman–Crippen MR) is 53.9 cm³/mol. The van der Waals surface area contributed by atoms with Crippen LogP contribution in [0.15, 0.2) is 24.3 Å². The largest absolute Gasteiger partial charge is 0.469 e. The zero-order chi connectivity index (χ0) is 10.8. The minimum atomic E-state index is -0.219. The van der Waals surface area contributed by atoms with E-state index in [2.05, 4.69) is 4.74 Å². The molecule has 2 nitrogen and oxygen atoms in total. The summed E-state index contributed by atoms with van der Waals surface area (Å²) in [6.45, 7) is 0. The number of esters is 1. The van der Waals surface area contributed by atoms with Gasteiger partial charge in [-0.3, -0.25) is 4.79 Å². The van der Waals surface area contributed by atoms with E-state index in [1.165, 1.54) is 19.2 Å². The van der Waals surface area contributed by atoms with E-state index in [0.717, 1.165) is 12.0 Å². The van der Waals surface area contributed by atoms with E-state index >= 15 is 0 Å². The molecule has 1 aliphatic rings. The van der Waals surface area contributed by atoms with E-state index in [1.54, 1.807) is 12.1 Å². The molecule has 0 aromatic heterocycles. The van der Waals surface area contributed by atoms with Gasteiger partial charge in [-0.2, -0.15) is 0 Å². The fourth-order valence-electron chi connectivity index (χ4n) is 1.89. The summed E-state index contributed by atoms with van der Waals surface area (Å²) in [7, 11) is 1.40. The van der Waals surface area contributed by atoms with Crippen molar-refractivity contribution in [1.29, 1.82) is 0 Å². The smallest absolute Gasteiger partial charge is 0.305 e. The van der Waals surface area contributed by atoms with Crippen molar-refractivity contribution in [3.05, 3.63) is 35.6 Å². The van der Waals surface area contributed by atoms with Gasteiger partial charge in [0, 0.05) is 6.42 Å². The quantitative estimate of drug-likeness (QED) is 0.713. The summed E-state index contributed by atoms with van der Waals surface area (Å²) in [6.07, 6.45) is 1.47. The number of rotatable bonds is 3. The fraction of sp³-hybridized carbons (Fsp3) is 0.417. The van der Waals surface area contributed by atoms with Crippen molar-refractivity contribution in [2.75, 3.05) is 7.11 Å². The van der Waals surface area contributed by atoms with Gasteiger partial charge in [0.05, 0.1) is 7.11 Å². The molecule has 1 saturated carbocycles. The van der Waals surface area contributed by atoms with E-state index < -0.39 is 0 Å². The van der Waals surface area contributed by atoms with Crippen molar-refractivity contribution in [3.63, 3.8) is 0 Å². The molecule has 1 fully saturated rings. The second-order valence-electron chi connectivity index (χ2n) is 3.93. The minimum Gasteiger partial charge on any atom is -0.469 e. The Kier molecular flexibility index (Phi) is 2.71. The van der Waals surface area contributed by atoms with Crippen molar-refractivity contribution in [3.8, 4) is 0 Å². The lowest BCUT2D eigenvalue weighted by atomic mass is 10.1. The highest BCUT2D eigenvalue weighted by atomic mass is 19.1. The average Bonchev–Trinajstić information content (AvgIpc) is 2.98. The van der Waals surface area contributed by atoms with Crippen molar-refractivity contribution in [2.45, 2.75) is 18.8 Å². The molecule has 80 valence electrons. The maximum Gasteiger partial charge on any atom is 0.305 e. The van der Waals surface area contributed by atoms with Gasteiger partial charge in [-0.15, -0.1) is 0 Å². The summed E-state index contributed by atoms with van der Waals surface area (Å²) < 4.78 is 17.3. The van der Waals surface area contributed by atoms with Crippen LogP contribution in [0.2, 0.25) is 0 Å². The molecule has 2 atom stereocenters. The fourth-order valence-corrected chi connectivity index (χ4v) is 1.89. The van der Waals surface area contributed by atoms with Gasteiger partial charge < -0.3 is 4.74 Å². The molecule has 0 spiro atoms. The zero-order valence-electron chi connectivity index (χ0n) is 8.57. The number of carbonyl (C=O) groups excluding carboxylic acids is 1. The zero-order valence-corrected chi connectivity index (χ0v) is 8.57. The summed E-state index contributed by atoms with van der Waals surface area (Å²) in [5, 5.41) is 0. The Morgan fingerprint density at radius 2 is 2.13 bits per heavy atom.